The average Bonchev–Trinajstić information content (AvgIpc) is 2.85. The van der Waals surface area contributed by atoms with Crippen molar-refractivity contribution in [3.8, 4) is 0 Å². The Bertz CT molecular complexity index is 857. The van der Waals surface area contributed by atoms with Crippen LogP contribution in [0.4, 0.5) is 5.69 Å². The number of amides is 2. The van der Waals surface area contributed by atoms with Gasteiger partial charge in [0.05, 0.1) is 21.6 Å². The summed E-state index contributed by atoms with van der Waals surface area (Å²) in [5.74, 6) is -1.96. The number of fused-ring (bicyclic) bond motifs is 1. The fourth-order valence-electron chi connectivity index (χ4n) is 2.53. The van der Waals surface area contributed by atoms with Crippen LogP contribution in [0.3, 0.4) is 0 Å². The molecule has 0 radical (unpaired) electrons. The highest BCUT2D eigenvalue weighted by atomic mass is 16.6. The molecule has 2 amide bonds. The summed E-state index contributed by atoms with van der Waals surface area (Å²) in [5.41, 5.74) is 0.525. The number of nitro benzene ring substituents is 1. The molecule has 0 bridgehead atoms. The van der Waals surface area contributed by atoms with Crippen LogP contribution in [0.2, 0.25) is 0 Å². The van der Waals surface area contributed by atoms with Crippen LogP contribution in [0.1, 0.15) is 26.3 Å². The number of rotatable bonds is 5. The number of carbonyl (C=O) groups excluding carboxylic acids is 3. The van der Waals surface area contributed by atoms with Crippen LogP contribution in [0, 0.1) is 10.1 Å². The van der Waals surface area contributed by atoms with Crippen molar-refractivity contribution in [2.75, 3.05) is 6.54 Å². The number of para-hydroxylation sites is 1. The number of benzene rings is 2. The van der Waals surface area contributed by atoms with Gasteiger partial charge in [0.25, 0.3) is 17.5 Å². The third kappa shape index (κ3) is 3.09. The van der Waals surface area contributed by atoms with Gasteiger partial charge in [0, 0.05) is 6.07 Å². The standard InChI is InChI=1S/C17H12N2O6/c20-15(25-10-11-5-1-4-8-14(11)19(23)24)9-18-16(21)12-6-2-3-7-13(12)17(18)22/h1-8H,9-10H2. The zero-order valence-corrected chi connectivity index (χ0v) is 12.9. The number of hydrogen-bond donors (Lipinski definition) is 0. The van der Waals surface area contributed by atoms with E-state index in [4.69, 9.17) is 4.74 Å². The van der Waals surface area contributed by atoms with Gasteiger partial charge in [0.1, 0.15) is 13.2 Å². The normalized spacial score (nSPS) is 12.9. The van der Waals surface area contributed by atoms with Crippen molar-refractivity contribution in [3.63, 3.8) is 0 Å². The molecule has 0 spiro atoms. The summed E-state index contributed by atoms with van der Waals surface area (Å²) < 4.78 is 4.99. The van der Waals surface area contributed by atoms with Gasteiger partial charge in [-0.25, -0.2) is 0 Å². The Morgan fingerprint density at radius 1 is 1.00 bits per heavy atom. The molecular weight excluding hydrogens is 328 g/mol. The molecule has 8 heteroatoms. The van der Waals surface area contributed by atoms with Crippen molar-refractivity contribution in [3.05, 3.63) is 75.3 Å². The molecule has 2 aromatic rings. The minimum absolute atomic E-state index is 0.170. The summed E-state index contributed by atoms with van der Waals surface area (Å²) >= 11 is 0. The van der Waals surface area contributed by atoms with E-state index in [0.29, 0.717) is 0 Å². The Labute approximate surface area is 141 Å². The molecule has 0 saturated heterocycles. The molecule has 126 valence electrons. The number of nitro groups is 1. The van der Waals surface area contributed by atoms with Gasteiger partial charge in [-0.2, -0.15) is 0 Å². The van der Waals surface area contributed by atoms with Gasteiger partial charge < -0.3 is 4.74 Å². The minimum Gasteiger partial charge on any atom is -0.459 e. The summed E-state index contributed by atoms with van der Waals surface area (Å²) in [4.78, 5) is 47.4. The van der Waals surface area contributed by atoms with E-state index in [0.717, 1.165) is 4.90 Å². The minimum atomic E-state index is -0.826. The summed E-state index contributed by atoms with van der Waals surface area (Å²) in [7, 11) is 0. The third-order valence-corrected chi connectivity index (χ3v) is 3.74. The monoisotopic (exact) mass is 340 g/mol. The number of esters is 1. The molecule has 8 nitrogen and oxygen atoms in total. The Morgan fingerprint density at radius 2 is 1.56 bits per heavy atom. The van der Waals surface area contributed by atoms with Crippen molar-refractivity contribution in [1.82, 2.24) is 4.90 Å². The first kappa shape index (κ1) is 16.3. The second-order valence-electron chi connectivity index (χ2n) is 5.29. The molecule has 2 aromatic carbocycles. The predicted octanol–water partition coefficient (Wildman–Crippen LogP) is 1.93. The van der Waals surface area contributed by atoms with E-state index in [1.165, 1.54) is 30.3 Å². The van der Waals surface area contributed by atoms with Crippen molar-refractivity contribution in [2.45, 2.75) is 6.61 Å². The van der Waals surface area contributed by atoms with Crippen LogP contribution in [-0.4, -0.2) is 34.2 Å². The van der Waals surface area contributed by atoms with Gasteiger partial charge >= 0.3 is 5.97 Å². The maximum atomic E-state index is 12.2. The molecule has 25 heavy (non-hydrogen) atoms. The van der Waals surface area contributed by atoms with Crippen molar-refractivity contribution in [2.24, 2.45) is 0 Å². The Balaban J connectivity index is 1.66. The number of ether oxygens (including phenoxy) is 1. The average molecular weight is 340 g/mol. The molecule has 1 heterocycles. The lowest BCUT2D eigenvalue weighted by Gasteiger charge is -2.13. The number of imide groups is 1. The van der Waals surface area contributed by atoms with Crippen LogP contribution < -0.4 is 0 Å². The van der Waals surface area contributed by atoms with Gasteiger partial charge in [-0.15, -0.1) is 0 Å². The molecule has 3 rings (SSSR count). The predicted molar refractivity (Wildman–Crippen MR) is 84.7 cm³/mol. The van der Waals surface area contributed by atoms with E-state index in [-0.39, 0.29) is 29.0 Å². The Kier molecular flexibility index (Phi) is 4.25. The van der Waals surface area contributed by atoms with Crippen molar-refractivity contribution < 1.29 is 24.0 Å². The molecule has 0 atom stereocenters. The van der Waals surface area contributed by atoms with Crippen molar-refractivity contribution >= 4 is 23.5 Å². The van der Waals surface area contributed by atoms with E-state index in [9.17, 15) is 24.5 Å². The molecule has 0 aliphatic carbocycles. The molecule has 0 saturated carbocycles. The summed E-state index contributed by atoms with van der Waals surface area (Å²) in [5, 5.41) is 10.9. The van der Waals surface area contributed by atoms with E-state index in [1.807, 2.05) is 0 Å². The Morgan fingerprint density at radius 3 is 2.16 bits per heavy atom. The lowest BCUT2D eigenvalue weighted by molar-refractivity contribution is -0.385. The second-order valence-corrected chi connectivity index (χ2v) is 5.29. The number of nitrogens with zero attached hydrogens (tertiary/aromatic N) is 2. The van der Waals surface area contributed by atoms with E-state index >= 15 is 0 Å². The maximum Gasteiger partial charge on any atom is 0.326 e. The van der Waals surface area contributed by atoms with Crippen LogP contribution in [0.25, 0.3) is 0 Å². The summed E-state index contributed by atoms with van der Waals surface area (Å²) in [6.45, 7) is -0.869. The zero-order valence-electron chi connectivity index (χ0n) is 12.9. The molecule has 1 aliphatic rings. The number of carbonyl (C=O) groups is 3. The molecule has 0 fully saturated rings. The summed E-state index contributed by atoms with van der Waals surface area (Å²) in [6.07, 6.45) is 0. The summed E-state index contributed by atoms with van der Waals surface area (Å²) in [6, 6.07) is 12.1. The quantitative estimate of drug-likeness (QED) is 0.356. The third-order valence-electron chi connectivity index (χ3n) is 3.74. The topological polar surface area (TPSA) is 107 Å². The van der Waals surface area contributed by atoms with Gasteiger partial charge in [-0.05, 0) is 18.2 Å². The van der Waals surface area contributed by atoms with Crippen LogP contribution in [0.15, 0.2) is 48.5 Å². The van der Waals surface area contributed by atoms with Gasteiger partial charge in [-0.3, -0.25) is 29.4 Å². The first-order chi connectivity index (χ1) is 12.0. The highest BCUT2D eigenvalue weighted by molar-refractivity contribution is 6.22. The molecule has 0 N–H and O–H groups in total. The first-order valence-electron chi connectivity index (χ1n) is 7.32. The fraction of sp³-hybridized carbons (Fsp3) is 0.118. The van der Waals surface area contributed by atoms with Crippen LogP contribution >= 0.6 is 0 Å². The van der Waals surface area contributed by atoms with E-state index in [2.05, 4.69) is 0 Å². The zero-order chi connectivity index (χ0) is 18.0. The molecule has 0 unspecified atom stereocenters. The largest absolute Gasteiger partial charge is 0.459 e. The van der Waals surface area contributed by atoms with Crippen LogP contribution in [-0.2, 0) is 16.1 Å². The fourth-order valence-corrected chi connectivity index (χ4v) is 2.53. The highest BCUT2D eigenvalue weighted by Crippen LogP contribution is 2.22. The van der Waals surface area contributed by atoms with Crippen LogP contribution in [0.5, 0.6) is 0 Å². The highest BCUT2D eigenvalue weighted by Gasteiger charge is 2.36. The number of hydrogen-bond acceptors (Lipinski definition) is 6. The smallest absolute Gasteiger partial charge is 0.326 e. The van der Waals surface area contributed by atoms with E-state index < -0.39 is 29.3 Å². The Hall–Kier alpha value is -3.55. The second kappa shape index (κ2) is 6.52. The van der Waals surface area contributed by atoms with Gasteiger partial charge in [0.15, 0.2) is 0 Å². The molecular formula is C17H12N2O6. The van der Waals surface area contributed by atoms with Crippen molar-refractivity contribution in [1.29, 1.82) is 0 Å². The lowest BCUT2D eigenvalue weighted by Crippen LogP contribution is -2.35. The first-order valence-corrected chi connectivity index (χ1v) is 7.32. The SMILES string of the molecule is O=C(CN1C(=O)c2ccccc2C1=O)OCc1ccccc1[N+](=O)[O-]. The van der Waals surface area contributed by atoms with E-state index in [1.54, 1.807) is 18.2 Å². The van der Waals surface area contributed by atoms with Gasteiger partial charge in [-0.1, -0.05) is 24.3 Å². The lowest BCUT2D eigenvalue weighted by atomic mass is 10.1. The van der Waals surface area contributed by atoms with Gasteiger partial charge in [0.2, 0.25) is 0 Å². The molecule has 1 aliphatic heterocycles. The maximum absolute atomic E-state index is 12.2. The molecule has 0 aromatic heterocycles.